The van der Waals surface area contributed by atoms with Crippen molar-refractivity contribution in [2.45, 2.75) is 10.9 Å². The summed E-state index contributed by atoms with van der Waals surface area (Å²) >= 11 is 10.2. The molecule has 0 aliphatic rings. The van der Waals surface area contributed by atoms with Crippen LogP contribution in [-0.2, 0) is 6.61 Å². The lowest BCUT2D eigenvalue weighted by molar-refractivity contribution is 0.303. The van der Waals surface area contributed by atoms with Crippen LogP contribution in [0.3, 0.4) is 0 Å². The van der Waals surface area contributed by atoms with Crippen LogP contribution in [0.5, 0.6) is 5.75 Å². The average Bonchev–Trinajstić information content (AvgIpc) is 3.25. The molecule has 0 amide bonds. The molecule has 0 unspecified atom stereocenters. The number of benzene rings is 4. The van der Waals surface area contributed by atoms with Crippen LogP contribution in [0.15, 0.2) is 97.1 Å². The van der Waals surface area contributed by atoms with Gasteiger partial charge < -0.3 is 4.74 Å². The maximum Gasteiger partial charge on any atom is 0.156 e. The number of thioether (sulfide) groups is 1. The molecular weight excluding hydrogens is 592 g/mol. The summed E-state index contributed by atoms with van der Waals surface area (Å²) in [6, 6.07) is 28.7. The van der Waals surface area contributed by atoms with Gasteiger partial charge in [-0.1, -0.05) is 54.6 Å². The van der Waals surface area contributed by atoms with Gasteiger partial charge in [-0.3, -0.25) is 0 Å². The van der Waals surface area contributed by atoms with Gasteiger partial charge in [0.1, 0.15) is 18.4 Å². The van der Waals surface area contributed by atoms with Crippen molar-refractivity contribution in [3.63, 3.8) is 0 Å². The lowest BCUT2D eigenvalue weighted by Crippen LogP contribution is -1.98. The third-order valence-electron chi connectivity index (χ3n) is 5.15. The van der Waals surface area contributed by atoms with E-state index in [1.165, 1.54) is 22.5 Å². The molecule has 0 radical (unpaired) electrons. The largest absolute Gasteiger partial charge is 0.487 e. The van der Waals surface area contributed by atoms with Crippen LogP contribution >= 0.6 is 55.0 Å². The van der Waals surface area contributed by atoms with E-state index in [9.17, 15) is 5.26 Å². The van der Waals surface area contributed by atoms with Gasteiger partial charge in [-0.15, -0.1) is 11.3 Å². The fraction of sp³-hybridized carbons (Fsp3) is 0.0370. The third-order valence-corrected chi connectivity index (χ3v) is 8.36. The lowest BCUT2D eigenvalue weighted by Gasteiger charge is -2.13. The second kappa shape index (κ2) is 10.3. The first kappa shape index (κ1) is 23.1. The highest BCUT2D eigenvalue weighted by molar-refractivity contribution is 9.11. The molecule has 4 aromatic carbocycles. The first-order valence-corrected chi connectivity index (χ1v) is 13.6. The first-order valence-electron chi connectivity index (χ1n) is 10.3. The van der Waals surface area contributed by atoms with E-state index in [0.29, 0.717) is 11.5 Å². The van der Waals surface area contributed by atoms with Crippen LogP contribution < -0.4 is 4.74 Å². The third kappa shape index (κ3) is 5.06. The molecule has 3 nitrogen and oxygen atoms in total. The van der Waals surface area contributed by atoms with Gasteiger partial charge in [0.15, 0.2) is 4.34 Å². The predicted molar refractivity (Wildman–Crippen MR) is 149 cm³/mol. The van der Waals surface area contributed by atoms with Crippen LogP contribution in [0.1, 0.15) is 11.1 Å². The minimum atomic E-state index is 0.449. The molecule has 0 bridgehead atoms. The number of ether oxygens (including phenoxy) is 1. The van der Waals surface area contributed by atoms with E-state index in [1.807, 2.05) is 60.7 Å². The molecule has 0 spiro atoms. The highest BCUT2D eigenvalue weighted by atomic mass is 79.9. The number of hydrogen-bond donors (Lipinski definition) is 0. The smallest absolute Gasteiger partial charge is 0.156 e. The SMILES string of the molecule is N#C/C(=C\c1cc(Br)c(OCc2cccc3ccccc23)c(Br)c1)Sc1nc2ccccc2s1. The molecule has 1 aromatic heterocycles. The van der Waals surface area contributed by atoms with E-state index in [2.05, 4.69) is 67.2 Å². The van der Waals surface area contributed by atoms with Gasteiger partial charge in [0, 0.05) is 0 Å². The molecule has 5 aromatic rings. The normalized spacial score (nSPS) is 11.6. The molecule has 1 heterocycles. The van der Waals surface area contributed by atoms with E-state index >= 15 is 0 Å². The van der Waals surface area contributed by atoms with Crippen molar-refractivity contribution in [1.82, 2.24) is 4.98 Å². The Labute approximate surface area is 222 Å². The van der Waals surface area contributed by atoms with Crippen molar-refractivity contribution in [3.8, 4) is 11.8 Å². The van der Waals surface area contributed by atoms with Gasteiger partial charge in [0.25, 0.3) is 0 Å². The zero-order valence-electron chi connectivity index (χ0n) is 17.7. The molecule has 34 heavy (non-hydrogen) atoms. The van der Waals surface area contributed by atoms with Crippen LogP contribution in [0.4, 0.5) is 0 Å². The highest BCUT2D eigenvalue weighted by Gasteiger charge is 2.12. The zero-order valence-corrected chi connectivity index (χ0v) is 22.5. The fourth-order valence-electron chi connectivity index (χ4n) is 3.59. The number of halogens is 2. The van der Waals surface area contributed by atoms with Gasteiger partial charge in [0.2, 0.25) is 0 Å². The Morgan fingerprint density at radius 2 is 1.74 bits per heavy atom. The molecule has 0 atom stereocenters. The Kier molecular flexibility index (Phi) is 7.02. The standard InChI is InChI=1S/C27H16Br2N2OS2/c28-22-13-17(12-20(15-30)33-27-31-24-10-3-4-11-25(24)34-27)14-23(29)26(22)32-16-19-8-5-7-18-6-1-2-9-21(18)19/h1-14H,16H2/b20-12+. The Morgan fingerprint density at radius 3 is 2.53 bits per heavy atom. The van der Waals surface area contributed by atoms with Gasteiger partial charge in [-0.25, -0.2) is 4.98 Å². The molecule has 0 N–H and O–H groups in total. The number of para-hydroxylation sites is 1. The minimum Gasteiger partial charge on any atom is -0.487 e. The summed E-state index contributed by atoms with van der Waals surface area (Å²) in [4.78, 5) is 5.19. The monoisotopic (exact) mass is 606 g/mol. The summed E-state index contributed by atoms with van der Waals surface area (Å²) in [5, 5.41) is 12.1. The quantitative estimate of drug-likeness (QED) is 0.143. The van der Waals surface area contributed by atoms with Crippen molar-refractivity contribution in [3.05, 3.63) is 104 Å². The van der Waals surface area contributed by atoms with E-state index in [0.717, 1.165) is 40.4 Å². The topological polar surface area (TPSA) is 45.9 Å². The molecule has 5 rings (SSSR count). The summed E-state index contributed by atoms with van der Waals surface area (Å²) < 4.78 is 9.78. The minimum absolute atomic E-state index is 0.449. The Balaban J connectivity index is 1.36. The average molecular weight is 608 g/mol. The molecule has 7 heteroatoms. The molecule has 0 fully saturated rings. The van der Waals surface area contributed by atoms with E-state index in [-0.39, 0.29) is 0 Å². The van der Waals surface area contributed by atoms with Crippen molar-refractivity contribution in [1.29, 1.82) is 5.26 Å². The summed E-state index contributed by atoms with van der Waals surface area (Å²) in [5.41, 5.74) is 2.96. The number of hydrogen-bond acceptors (Lipinski definition) is 5. The number of aromatic nitrogens is 1. The highest BCUT2D eigenvalue weighted by Crippen LogP contribution is 2.38. The Bertz CT molecular complexity index is 1530. The molecule has 0 saturated heterocycles. The van der Waals surface area contributed by atoms with Gasteiger partial charge in [0.05, 0.1) is 24.1 Å². The summed E-state index contributed by atoms with van der Waals surface area (Å²) in [5.74, 6) is 0.724. The molecule has 166 valence electrons. The van der Waals surface area contributed by atoms with Crippen molar-refractivity contribution >= 4 is 82.0 Å². The molecule has 0 aliphatic carbocycles. The van der Waals surface area contributed by atoms with Crippen LogP contribution in [0.25, 0.3) is 27.1 Å². The summed E-state index contributed by atoms with van der Waals surface area (Å²) in [7, 11) is 0. The second-order valence-corrected chi connectivity index (χ2v) is 11.4. The van der Waals surface area contributed by atoms with Crippen LogP contribution in [0, 0.1) is 11.3 Å². The number of fused-ring (bicyclic) bond motifs is 2. The zero-order chi connectivity index (χ0) is 23.5. The second-order valence-electron chi connectivity index (χ2n) is 7.41. The molecule has 0 saturated carbocycles. The van der Waals surface area contributed by atoms with Crippen LogP contribution in [-0.4, -0.2) is 4.98 Å². The predicted octanol–water partition coefficient (Wildman–Crippen LogP) is 9.21. The van der Waals surface area contributed by atoms with Crippen molar-refractivity contribution < 1.29 is 4.74 Å². The molecular formula is C27H16Br2N2OS2. The van der Waals surface area contributed by atoms with Crippen molar-refractivity contribution in [2.75, 3.05) is 0 Å². The van der Waals surface area contributed by atoms with E-state index < -0.39 is 0 Å². The summed E-state index contributed by atoms with van der Waals surface area (Å²) in [6.07, 6.45) is 1.86. The maximum atomic E-state index is 9.70. The Hall–Kier alpha value is -2.63. The first-order chi connectivity index (χ1) is 16.6. The van der Waals surface area contributed by atoms with Gasteiger partial charge in [-0.2, -0.15) is 5.26 Å². The van der Waals surface area contributed by atoms with E-state index in [1.54, 1.807) is 11.3 Å². The number of nitrogens with zero attached hydrogens (tertiary/aromatic N) is 2. The molecule has 0 aliphatic heterocycles. The van der Waals surface area contributed by atoms with Gasteiger partial charge in [-0.05, 0) is 95.9 Å². The maximum absolute atomic E-state index is 9.70. The number of allylic oxidation sites excluding steroid dienone is 1. The lowest BCUT2D eigenvalue weighted by atomic mass is 10.1. The van der Waals surface area contributed by atoms with E-state index in [4.69, 9.17) is 4.74 Å². The number of thiazole rings is 1. The number of rotatable bonds is 6. The van der Waals surface area contributed by atoms with Crippen LogP contribution in [0.2, 0.25) is 0 Å². The Morgan fingerprint density at radius 1 is 1.00 bits per heavy atom. The fourth-order valence-corrected chi connectivity index (χ4v) is 7.02. The summed E-state index contributed by atoms with van der Waals surface area (Å²) in [6.45, 7) is 0.449. The van der Waals surface area contributed by atoms with Gasteiger partial charge >= 0.3 is 0 Å². The number of nitriles is 1. The van der Waals surface area contributed by atoms with Crippen molar-refractivity contribution in [2.24, 2.45) is 0 Å².